The van der Waals surface area contributed by atoms with Gasteiger partial charge in [-0.25, -0.2) is 0 Å². The summed E-state index contributed by atoms with van der Waals surface area (Å²) in [4.78, 5) is 26.6. The number of hydrogen-bond donors (Lipinski definition) is 2. The van der Waals surface area contributed by atoms with E-state index in [1.807, 2.05) is 4.90 Å². The van der Waals surface area contributed by atoms with E-state index in [0.29, 0.717) is 26.2 Å². The third-order valence-corrected chi connectivity index (χ3v) is 2.70. The lowest BCUT2D eigenvalue weighted by atomic mass is 10.3. The molecule has 2 N–H and O–H groups in total. The van der Waals surface area contributed by atoms with E-state index in [4.69, 9.17) is 0 Å². The number of piperazine rings is 1. The fourth-order valence-corrected chi connectivity index (χ4v) is 1.70. The number of likely N-dealkylation sites (N-methyl/N-ethyl adjacent to an activating group) is 2. The van der Waals surface area contributed by atoms with Crippen LogP contribution in [0.3, 0.4) is 0 Å². The molecule has 0 aromatic rings. The maximum absolute atomic E-state index is 11.5. The Bertz CT molecular complexity index is 255. The average Bonchev–Trinajstić information content (AvgIpc) is 2.30. The first kappa shape index (κ1) is 16.1. The van der Waals surface area contributed by atoms with Crippen molar-refractivity contribution in [3.8, 4) is 0 Å². The molecule has 0 unspecified atom stereocenters. The quantitative estimate of drug-likeness (QED) is 0.650. The highest BCUT2D eigenvalue weighted by Gasteiger charge is 2.21. The van der Waals surface area contributed by atoms with Gasteiger partial charge in [-0.15, -0.1) is 12.4 Å². The Morgan fingerprint density at radius 2 is 1.71 bits per heavy atom. The van der Waals surface area contributed by atoms with Crippen LogP contribution in [0.4, 0.5) is 0 Å². The molecule has 7 heteroatoms. The van der Waals surface area contributed by atoms with Crippen molar-refractivity contribution >= 4 is 24.2 Å². The second-order valence-corrected chi connectivity index (χ2v) is 3.86. The zero-order valence-corrected chi connectivity index (χ0v) is 11.2. The van der Waals surface area contributed by atoms with E-state index >= 15 is 0 Å². The Morgan fingerprint density at radius 1 is 1.12 bits per heavy atom. The summed E-state index contributed by atoms with van der Waals surface area (Å²) in [6.45, 7) is 3.75. The fraction of sp³-hybridized carbons (Fsp3) is 0.800. The van der Waals surface area contributed by atoms with Gasteiger partial charge in [-0.2, -0.15) is 0 Å². The van der Waals surface area contributed by atoms with E-state index in [0.717, 1.165) is 13.1 Å². The molecule has 17 heavy (non-hydrogen) atoms. The summed E-state index contributed by atoms with van der Waals surface area (Å²) in [6, 6.07) is 0. The van der Waals surface area contributed by atoms with Gasteiger partial charge in [0.15, 0.2) is 0 Å². The van der Waals surface area contributed by atoms with Crippen LogP contribution in [0.15, 0.2) is 0 Å². The molecule has 1 rings (SSSR count). The standard InChI is InChI=1S/C10H20N4O2.ClH/c1-11-7-10(16)14-5-3-13(4-6-14)8-9(15)12-2;/h11H,3-8H2,1-2H3,(H,12,15);1H. The second-order valence-electron chi connectivity index (χ2n) is 3.86. The topological polar surface area (TPSA) is 64.7 Å². The number of carbonyl (C=O) groups is 2. The van der Waals surface area contributed by atoms with Crippen molar-refractivity contribution in [2.75, 3.05) is 53.4 Å². The first-order chi connectivity index (χ1) is 7.67. The molecule has 1 heterocycles. The van der Waals surface area contributed by atoms with Gasteiger partial charge in [0, 0.05) is 33.2 Å². The van der Waals surface area contributed by atoms with Crippen molar-refractivity contribution < 1.29 is 9.59 Å². The zero-order valence-electron chi connectivity index (χ0n) is 10.4. The Hall–Kier alpha value is -0.850. The summed E-state index contributed by atoms with van der Waals surface area (Å²) in [7, 11) is 3.40. The van der Waals surface area contributed by atoms with Gasteiger partial charge >= 0.3 is 0 Å². The van der Waals surface area contributed by atoms with Crippen molar-refractivity contribution in [2.45, 2.75) is 0 Å². The number of nitrogens with one attached hydrogen (secondary N) is 2. The third-order valence-electron chi connectivity index (χ3n) is 2.70. The largest absolute Gasteiger partial charge is 0.358 e. The molecule has 0 aromatic heterocycles. The first-order valence-corrected chi connectivity index (χ1v) is 5.52. The molecule has 0 radical (unpaired) electrons. The van der Waals surface area contributed by atoms with Crippen LogP contribution in [0.5, 0.6) is 0 Å². The number of rotatable bonds is 4. The molecule has 0 aliphatic carbocycles. The molecule has 0 spiro atoms. The molecule has 2 amide bonds. The molecule has 0 saturated carbocycles. The number of nitrogens with zero attached hydrogens (tertiary/aromatic N) is 2. The molecule has 1 saturated heterocycles. The van der Waals surface area contributed by atoms with Crippen LogP contribution >= 0.6 is 12.4 Å². The van der Waals surface area contributed by atoms with Gasteiger partial charge in [0.1, 0.15) is 0 Å². The molecule has 1 aliphatic rings. The van der Waals surface area contributed by atoms with E-state index in [1.165, 1.54) is 0 Å². The summed E-state index contributed by atoms with van der Waals surface area (Å²) < 4.78 is 0. The predicted molar refractivity (Wildman–Crippen MR) is 68.3 cm³/mol. The Balaban J connectivity index is 0.00000256. The molecule has 1 fully saturated rings. The first-order valence-electron chi connectivity index (χ1n) is 5.52. The zero-order chi connectivity index (χ0) is 12.0. The molecule has 0 aromatic carbocycles. The predicted octanol–water partition coefficient (Wildman–Crippen LogP) is -1.48. The number of amides is 2. The van der Waals surface area contributed by atoms with Crippen LogP contribution in [0, 0.1) is 0 Å². The molecule has 6 nitrogen and oxygen atoms in total. The molecule has 1 aliphatic heterocycles. The Labute approximate surface area is 108 Å². The van der Waals surface area contributed by atoms with E-state index < -0.39 is 0 Å². The molecular weight excluding hydrogens is 244 g/mol. The van der Waals surface area contributed by atoms with Gasteiger partial charge in [-0.1, -0.05) is 0 Å². The lowest BCUT2D eigenvalue weighted by Crippen LogP contribution is -2.52. The maximum Gasteiger partial charge on any atom is 0.236 e. The summed E-state index contributed by atoms with van der Waals surface area (Å²) in [5.41, 5.74) is 0. The summed E-state index contributed by atoms with van der Waals surface area (Å²) in [5.74, 6) is 0.150. The highest BCUT2D eigenvalue weighted by Crippen LogP contribution is 2.01. The number of carbonyl (C=O) groups excluding carboxylic acids is 2. The van der Waals surface area contributed by atoms with E-state index in [2.05, 4.69) is 15.5 Å². The SMILES string of the molecule is CNCC(=O)N1CCN(CC(=O)NC)CC1.Cl. The molecule has 100 valence electrons. The summed E-state index contributed by atoms with van der Waals surface area (Å²) >= 11 is 0. The third kappa shape index (κ3) is 5.34. The van der Waals surface area contributed by atoms with Crippen LogP contribution < -0.4 is 10.6 Å². The van der Waals surface area contributed by atoms with E-state index in [-0.39, 0.29) is 24.2 Å². The van der Waals surface area contributed by atoms with Crippen LogP contribution in [0.25, 0.3) is 0 Å². The normalized spacial score (nSPS) is 16.2. The second kappa shape index (κ2) is 8.27. The van der Waals surface area contributed by atoms with Gasteiger partial charge < -0.3 is 15.5 Å². The monoisotopic (exact) mass is 264 g/mol. The van der Waals surface area contributed by atoms with Gasteiger partial charge in [-0.3, -0.25) is 14.5 Å². The molecule has 0 atom stereocenters. The maximum atomic E-state index is 11.5. The highest BCUT2D eigenvalue weighted by atomic mass is 35.5. The van der Waals surface area contributed by atoms with E-state index in [1.54, 1.807) is 14.1 Å². The van der Waals surface area contributed by atoms with Crippen molar-refractivity contribution in [1.29, 1.82) is 0 Å². The van der Waals surface area contributed by atoms with Crippen molar-refractivity contribution in [3.05, 3.63) is 0 Å². The van der Waals surface area contributed by atoms with Crippen LogP contribution in [0.1, 0.15) is 0 Å². The lowest BCUT2D eigenvalue weighted by Gasteiger charge is -2.34. The van der Waals surface area contributed by atoms with Gasteiger partial charge in [0.05, 0.1) is 13.1 Å². The fourth-order valence-electron chi connectivity index (χ4n) is 1.70. The van der Waals surface area contributed by atoms with Crippen molar-refractivity contribution in [3.63, 3.8) is 0 Å². The minimum absolute atomic E-state index is 0. The summed E-state index contributed by atoms with van der Waals surface area (Å²) in [5, 5.41) is 5.44. The minimum atomic E-state index is 0. The highest BCUT2D eigenvalue weighted by molar-refractivity contribution is 5.85. The van der Waals surface area contributed by atoms with Crippen LogP contribution in [0.2, 0.25) is 0 Å². The Morgan fingerprint density at radius 3 is 2.18 bits per heavy atom. The molecular formula is C10H21ClN4O2. The Kier molecular flexibility index (Phi) is 7.86. The van der Waals surface area contributed by atoms with Crippen LogP contribution in [-0.2, 0) is 9.59 Å². The van der Waals surface area contributed by atoms with Gasteiger partial charge in [-0.05, 0) is 7.05 Å². The minimum Gasteiger partial charge on any atom is -0.358 e. The van der Waals surface area contributed by atoms with Crippen LogP contribution in [-0.4, -0.2) is 75.0 Å². The number of hydrogen-bond acceptors (Lipinski definition) is 4. The lowest BCUT2D eigenvalue weighted by molar-refractivity contribution is -0.132. The number of halogens is 1. The van der Waals surface area contributed by atoms with Gasteiger partial charge in [0.2, 0.25) is 11.8 Å². The van der Waals surface area contributed by atoms with Crippen molar-refractivity contribution in [1.82, 2.24) is 20.4 Å². The van der Waals surface area contributed by atoms with Crippen molar-refractivity contribution in [2.24, 2.45) is 0 Å². The smallest absolute Gasteiger partial charge is 0.236 e. The van der Waals surface area contributed by atoms with Gasteiger partial charge in [0.25, 0.3) is 0 Å². The van der Waals surface area contributed by atoms with E-state index in [9.17, 15) is 9.59 Å². The average molecular weight is 265 g/mol. The summed E-state index contributed by atoms with van der Waals surface area (Å²) in [6.07, 6.45) is 0. The molecule has 0 bridgehead atoms.